The first-order chi connectivity index (χ1) is 17.0. The van der Waals surface area contributed by atoms with Gasteiger partial charge in [-0.25, -0.2) is 13.2 Å². The number of nitrogens with one attached hydrogen (secondary N) is 2. The molecule has 3 rings (SSSR count). The molecule has 3 aromatic rings. The number of nitro benzene ring substituents is 1. The number of hydrogen-bond donors (Lipinski definition) is 2. The van der Waals surface area contributed by atoms with Crippen molar-refractivity contribution in [3.8, 4) is 5.75 Å². The largest absolute Gasteiger partial charge is 0.490 e. The molecule has 3 aromatic carbocycles. The van der Waals surface area contributed by atoms with Gasteiger partial charge in [-0.1, -0.05) is 23.7 Å². The highest BCUT2D eigenvalue weighted by Crippen LogP contribution is 2.32. The molecule has 0 fully saturated rings. The van der Waals surface area contributed by atoms with E-state index < -0.39 is 33.4 Å². The first kappa shape index (κ1) is 26.4. The fourth-order valence-corrected chi connectivity index (χ4v) is 4.28. The fraction of sp³-hybridized carbons (Fsp3) is 0.130. The Bertz CT molecular complexity index is 1430. The van der Waals surface area contributed by atoms with Gasteiger partial charge in [-0.2, -0.15) is 0 Å². The molecule has 1 amide bonds. The Morgan fingerprint density at radius 2 is 1.72 bits per heavy atom. The van der Waals surface area contributed by atoms with Gasteiger partial charge in [0.05, 0.1) is 28.2 Å². The van der Waals surface area contributed by atoms with E-state index in [9.17, 15) is 28.1 Å². The number of nitro groups is 1. The van der Waals surface area contributed by atoms with E-state index in [0.29, 0.717) is 10.6 Å². The van der Waals surface area contributed by atoms with E-state index in [1.807, 2.05) is 0 Å². The highest BCUT2D eigenvalue weighted by molar-refractivity contribution is 7.92. The standard InChI is InChI=1S/C23H20ClN3O8S/c1-14-11-20(27(30)31)21(34-2)12-19(14)25-22(28)13-35-23(29)17-5-3-4-6-18(17)26-36(32,33)16-9-7-15(24)8-10-16/h3-12,26H,13H2,1-2H3,(H,25,28). The molecule has 0 spiro atoms. The van der Waals surface area contributed by atoms with Gasteiger partial charge in [0, 0.05) is 22.8 Å². The van der Waals surface area contributed by atoms with Crippen LogP contribution in [0, 0.1) is 17.0 Å². The third kappa shape index (κ3) is 6.29. The zero-order valence-electron chi connectivity index (χ0n) is 19.0. The highest BCUT2D eigenvalue weighted by atomic mass is 35.5. The normalized spacial score (nSPS) is 10.9. The van der Waals surface area contributed by atoms with E-state index in [4.69, 9.17) is 21.1 Å². The molecular weight excluding hydrogens is 514 g/mol. The summed E-state index contributed by atoms with van der Waals surface area (Å²) in [5, 5.41) is 14.0. The van der Waals surface area contributed by atoms with Crippen LogP contribution in [0.15, 0.2) is 65.6 Å². The Morgan fingerprint density at radius 3 is 2.36 bits per heavy atom. The number of benzene rings is 3. The number of ether oxygens (including phenoxy) is 2. The maximum absolute atomic E-state index is 12.7. The molecule has 0 aliphatic rings. The van der Waals surface area contributed by atoms with Crippen LogP contribution in [0.3, 0.4) is 0 Å². The minimum atomic E-state index is -4.03. The molecule has 0 aromatic heterocycles. The number of hydrogen-bond acceptors (Lipinski definition) is 8. The van der Waals surface area contributed by atoms with Crippen molar-refractivity contribution in [2.45, 2.75) is 11.8 Å². The van der Waals surface area contributed by atoms with Crippen LogP contribution in [0.1, 0.15) is 15.9 Å². The fourth-order valence-electron chi connectivity index (χ4n) is 3.08. The summed E-state index contributed by atoms with van der Waals surface area (Å²) in [5.74, 6) is -1.72. The molecule has 188 valence electrons. The lowest BCUT2D eigenvalue weighted by Gasteiger charge is -2.13. The van der Waals surface area contributed by atoms with Crippen LogP contribution in [0.25, 0.3) is 0 Å². The molecule has 0 aliphatic carbocycles. The van der Waals surface area contributed by atoms with E-state index in [-0.39, 0.29) is 33.3 Å². The molecule has 0 saturated heterocycles. The maximum atomic E-state index is 12.7. The molecular formula is C23H20ClN3O8S. The molecule has 0 heterocycles. The Kier molecular flexibility index (Phi) is 8.12. The van der Waals surface area contributed by atoms with Crippen LogP contribution in [0.4, 0.5) is 17.1 Å². The monoisotopic (exact) mass is 533 g/mol. The average Bonchev–Trinajstić information content (AvgIpc) is 2.83. The van der Waals surface area contributed by atoms with Crippen molar-refractivity contribution in [2.75, 3.05) is 23.8 Å². The molecule has 0 bridgehead atoms. The van der Waals surface area contributed by atoms with Crippen molar-refractivity contribution >= 4 is 50.6 Å². The number of aryl methyl sites for hydroxylation is 1. The number of sulfonamides is 1. The third-order valence-electron chi connectivity index (χ3n) is 4.85. The summed E-state index contributed by atoms with van der Waals surface area (Å²) in [5.41, 5.74) is 0.195. The number of carbonyl (C=O) groups excluding carboxylic acids is 2. The maximum Gasteiger partial charge on any atom is 0.340 e. The smallest absolute Gasteiger partial charge is 0.340 e. The van der Waals surface area contributed by atoms with Gasteiger partial charge in [0.1, 0.15) is 0 Å². The number of amides is 1. The van der Waals surface area contributed by atoms with Crippen molar-refractivity contribution in [2.24, 2.45) is 0 Å². The predicted molar refractivity (Wildman–Crippen MR) is 132 cm³/mol. The molecule has 0 aliphatic heterocycles. The second-order valence-corrected chi connectivity index (χ2v) is 9.44. The first-order valence-corrected chi connectivity index (χ1v) is 12.1. The molecule has 0 saturated carbocycles. The molecule has 11 nitrogen and oxygen atoms in total. The van der Waals surface area contributed by atoms with Gasteiger partial charge < -0.3 is 14.8 Å². The highest BCUT2D eigenvalue weighted by Gasteiger charge is 2.21. The quantitative estimate of drug-likeness (QED) is 0.236. The number of esters is 1. The number of methoxy groups -OCH3 is 1. The van der Waals surface area contributed by atoms with Crippen molar-refractivity contribution in [3.63, 3.8) is 0 Å². The lowest BCUT2D eigenvalue weighted by atomic mass is 10.1. The second kappa shape index (κ2) is 11.1. The SMILES string of the molecule is COc1cc(NC(=O)COC(=O)c2ccccc2NS(=O)(=O)c2ccc(Cl)cc2)c(C)cc1[N+](=O)[O-]. The van der Waals surface area contributed by atoms with Gasteiger partial charge in [0.2, 0.25) is 0 Å². The van der Waals surface area contributed by atoms with Crippen LogP contribution in [-0.2, 0) is 19.6 Å². The first-order valence-electron chi connectivity index (χ1n) is 10.2. The van der Waals surface area contributed by atoms with E-state index >= 15 is 0 Å². The number of halogens is 1. The Hall–Kier alpha value is -4.16. The summed E-state index contributed by atoms with van der Waals surface area (Å²) in [6.45, 7) is 0.854. The van der Waals surface area contributed by atoms with Gasteiger partial charge in [-0.15, -0.1) is 0 Å². The zero-order valence-corrected chi connectivity index (χ0v) is 20.6. The van der Waals surface area contributed by atoms with Crippen LogP contribution >= 0.6 is 11.6 Å². The third-order valence-corrected chi connectivity index (χ3v) is 6.48. The second-order valence-electron chi connectivity index (χ2n) is 7.33. The summed E-state index contributed by atoms with van der Waals surface area (Å²) >= 11 is 5.80. The van der Waals surface area contributed by atoms with Crippen LogP contribution < -0.4 is 14.8 Å². The molecule has 2 N–H and O–H groups in total. The lowest BCUT2D eigenvalue weighted by Crippen LogP contribution is -2.22. The van der Waals surface area contributed by atoms with Crippen molar-refractivity contribution < 1.29 is 32.4 Å². The molecule has 36 heavy (non-hydrogen) atoms. The van der Waals surface area contributed by atoms with E-state index in [0.717, 1.165) is 0 Å². The molecule has 13 heteroatoms. The predicted octanol–water partition coefficient (Wildman–Crippen LogP) is 4.16. The van der Waals surface area contributed by atoms with Crippen molar-refractivity contribution in [1.29, 1.82) is 0 Å². The van der Waals surface area contributed by atoms with Gasteiger partial charge in [-0.3, -0.25) is 19.6 Å². The Morgan fingerprint density at radius 1 is 1.06 bits per heavy atom. The molecule has 0 radical (unpaired) electrons. The van der Waals surface area contributed by atoms with Crippen LogP contribution in [-0.4, -0.2) is 38.9 Å². The molecule has 0 unspecified atom stereocenters. The van der Waals surface area contributed by atoms with Gasteiger partial charge in [-0.05, 0) is 48.9 Å². The van der Waals surface area contributed by atoms with E-state index in [2.05, 4.69) is 10.0 Å². The minimum Gasteiger partial charge on any atom is -0.490 e. The van der Waals surface area contributed by atoms with Crippen molar-refractivity contribution in [1.82, 2.24) is 0 Å². The zero-order chi connectivity index (χ0) is 26.5. The van der Waals surface area contributed by atoms with E-state index in [1.165, 1.54) is 67.8 Å². The topological polar surface area (TPSA) is 154 Å². The van der Waals surface area contributed by atoms with Crippen LogP contribution in [0.5, 0.6) is 5.75 Å². The van der Waals surface area contributed by atoms with Crippen molar-refractivity contribution in [3.05, 3.63) is 86.9 Å². The summed E-state index contributed by atoms with van der Waals surface area (Å²) in [6, 6.07) is 13.7. The number of para-hydroxylation sites is 1. The van der Waals surface area contributed by atoms with Crippen LogP contribution in [0.2, 0.25) is 5.02 Å². The number of nitrogens with zero attached hydrogens (tertiary/aromatic N) is 1. The van der Waals surface area contributed by atoms with Gasteiger partial charge >= 0.3 is 11.7 Å². The summed E-state index contributed by atoms with van der Waals surface area (Å²) < 4.78 is 37.7. The Labute approximate surface area is 211 Å². The average molecular weight is 534 g/mol. The minimum absolute atomic E-state index is 0.0474. The molecule has 0 atom stereocenters. The summed E-state index contributed by atoms with van der Waals surface area (Å²) in [7, 11) is -2.78. The summed E-state index contributed by atoms with van der Waals surface area (Å²) in [4.78, 5) is 35.4. The van der Waals surface area contributed by atoms with Gasteiger partial charge in [0.25, 0.3) is 15.9 Å². The number of anilines is 2. The number of rotatable bonds is 9. The lowest BCUT2D eigenvalue weighted by molar-refractivity contribution is -0.385. The number of carbonyl (C=O) groups is 2. The summed E-state index contributed by atoms with van der Waals surface area (Å²) in [6.07, 6.45) is 0. The van der Waals surface area contributed by atoms with E-state index in [1.54, 1.807) is 6.92 Å². The Balaban J connectivity index is 1.70. The van der Waals surface area contributed by atoms with Gasteiger partial charge in [0.15, 0.2) is 12.4 Å².